The highest BCUT2D eigenvalue weighted by Gasteiger charge is 2.19. The SMILES string of the molecule is CC(CCCNC1CC1)Oc1cnn(C)c1. The van der Waals surface area contributed by atoms with Crippen LogP contribution in [0.1, 0.15) is 32.6 Å². The van der Waals surface area contributed by atoms with Crippen molar-refractivity contribution in [3.05, 3.63) is 12.4 Å². The van der Waals surface area contributed by atoms with E-state index in [1.165, 1.54) is 19.3 Å². The van der Waals surface area contributed by atoms with Crippen LogP contribution in [0.25, 0.3) is 0 Å². The number of ether oxygens (including phenoxy) is 1. The molecule has 90 valence electrons. The zero-order chi connectivity index (χ0) is 11.4. The fourth-order valence-electron chi connectivity index (χ4n) is 1.73. The van der Waals surface area contributed by atoms with Crippen LogP contribution >= 0.6 is 0 Å². The minimum Gasteiger partial charge on any atom is -0.487 e. The molecule has 1 heterocycles. The van der Waals surface area contributed by atoms with Gasteiger partial charge in [-0.3, -0.25) is 4.68 Å². The molecule has 1 aliphatic rings. The molecule has 1 saturated carbocycles. The van der Waals surface area contributed by atoms with Crippen molar-refractivity contribution in [2.24, 2.45) is 7.05 Å². The Morgan fingerprint density at radius 1 is 1.62 bits per heavy atom. The molecule has 1 unspecified atom stereocenters. The Hall–Kier alpha value is -1.03. The summed E-state index contributed by atoms with van der Waals surface area (Å²) in [7, 11) is 1.90. The van der Waals surface area contributed by atoms with Crippen LogP contribution in [-0.4, -0.2) is 28.5 Å². The minimum absolute atomic E-state index is 0.269. The van der Waals surface area contributed by atoms with Crippen molar-refractivity contribution in [1.29, 1.82) is 0 Å². The van der Waals surface area contributed by atoms with Gasteiger partial charge in [-0.1, -0.05) is 0 Å². The first-order valence-electron chi connectivity index (χ1n) is 6.13. The largest absolute Gasteiger partial charge is 0.487 e. The average molecular weight is 223 g/mol. The Morgan fingerprint density at radius 2 is 2.44 bits per heavy atom. The van der Waals surface area contributed by atoms with Crippen LogP contribution in [0.5, 0.6) is 5.75 Å². The van der Waals surface area contributed by atoms with Gasteiger partial charge in [0.25, 0.3) is 0 Å². The quantitative estimate of drug-likeness (QED) is 0.715. The molecule has 0 bridgehead atoms. The van der Waals surface area contributed by atoms with Crippen LogP contribution in [0.4, 0.5) is 0 Å². The van der Waals surface area contributed by atoms with E-state index >= 15 is 0 Å². The molecule has 1 aromatic rings. The van der Waals surface area contributed by atoms with E-state index in [1.807, 2.05) is 13.2 Å². The fourth-order valence-corrected chi connectivity index (χ4v) is 1.73. The van der Waals surface area contributed by atoms with Crippen molar-refractivity contribution < 1.29 is 4.74 Å². The summed E-state index contributed by atoms with van der Waals surface area (Å²) in [5, 5.41) is 7.58. The van der Waals surface area contributed by atoms with Crippen LogP contribution in [0.2, 0.25) is 0 Å². The molecule has 4 nitrogen and oxygen atoms in total. The van der Waals surface area contributed by atoms with E-state index in [1.54, 1.807) is 10.9 Å². The number of rotatable bonds is 7. The van der Waals surface area contributed by atoms with Crippen molar-refractivity contribution in [2.75, 3.05) is 6.54 Å². The predicted molar refractivity (Wildman–Crippen MR) is 63.6 cm³/mol. The lowest BCUT2D eigenvalue weighted by molar-refractivity contribution is 0.207. The van der Waals surface area contributed by atoms with E-state index < -0.39 is 0 Å². The molecule has 0 aromatic carbocycles. The van der Waals surface area contributed by atoms with Crippen LogP contribution < -0.4 is 10.1 Å². The molecule has 16 heavy (non-hydrogen) atoms. The van der Waals surface area contributed by atoms with Crippen molar-refractivity contribution in [3.63, 3.8) is 0 Å². The highest BCUT2D eigenvalue weighted by atomic mass is 16.5. The molecule has 1 aromatic heterocycles. The smallest absolute Gasteiger partial charge is 0.157 e. The molecular formula is C12H21N3O. The van der Waals surface area contributed by atoms with E-state index in [4.69, 9.17) is 4.74 Å². The fraction of sp³-hybridized carbons (Fsp3) is 0.750. The van der Waals surface area contributed by atoms with Gasteiger partial charge in [-0.05, 0) is 39.2 Å². The molecule has 4 heteroatoms. The number of hydrogen-bond donors (Lipinski definition) is 1. The lowest BCUT2D eigenvalue weighted by Crippen LogP contribution is -2.20. The van der Waals surface area contributed by atoms with Crippen molar-refractivity contribution in [2.45, 2.75) is 44.8 Å². The zero-order valence-electron chi connectivity index (χ0n) is 10.1. The zero-order valence-corrected chi connectivity index (χ0v) is 10.1. The molecule has 0 aliphatic heterocycles. The van der Waals surface area contributed by atoms with Gasteiger partial charge < -0.3 is 10.1 Å². The Morgan fingerprint density at radius 3 is 3.06 bits per heavy atom. The maximum Gasteiger partial charge on any atom is 0.157 e. The predicted octanol–water partition coefficient (Wildman–Crippen LogP) is 1.72. The summed E-state index contributed by atoms with van der Waals surface area (Å²) in [5.41, 5.74) is 0. The van der Waals surface area contributed by atoms with Gasteiger partial charge in [0.2, 0.25) is 0 Å². The standard InChI is InChI=1S/C12H21N3O/c1-10(4-3-7-13-11-5-6-11)16-12-8-14-15(2)9-12/h8-11,13H,3-7H2,1-2H3. The van der Waals surface area contributed by atoms with E-state index in [9.17, 15) is 0 Å². The highest BCUT2D eigenvalue weighted by Crippen LogP contribution is 2.18. The summed E-state index contributed by atoms with van der Waals surface area (Å²) in [4.78, 5) is 0. The Balaban J connectivity index is 1.57. The monoisotopic (exact) mass is 223 g/mol. The second-order valence-electron chi connectivity index (χ2n) is 4.65. The number of aryl methyl sites for hydroxylation is 1. The van der Waals surface area contributed by atoms with Gasteiger partial charge in [0.15, 0.2) is 5.75 Å². The first kappa shape index (κ1) is 11.5. The summed E-state index contributed by atoms with van der Waals surface area (Å²) < 4.78 is 7.51. The maximum atomic E-state index is 5.75. The molecule has 0 saturated heterocycles. The third-order valence-electron chi connectivity index (χ3n) is 2.82. The molecule has 1 atom stereocenters. The second kappa shape index (κ2) is 5.34. The summed E-state index contributed by atoms with van der Waals surface area (Å²) in [6, 6.07) is 0.814. The summed E-state index contributed by atoms with van der Waals surface area (Å²) >= 11 is 0. The van der Waals surface area contributed by atoms with E-state index in [-0.39, 0.29) is 6.10 Å². The van der Waals surface area contributed by atoms with Gasteiger partial charge >= 0.3 is 0 Å². The first-order chi connectivity index (χ1) is 7.74. The molecule has 1 fully saturated rings. The molecule has 0 radical (unpaired) electrons. The van der Waals surface area contributed by atoms with Gasteiger partial charge in [-0.15, -0.1) is 0 Å². The lowest BCUT2D eigenvalue weighted by Gasteiger charge is -2.12. The Kier molecular flexibility index (Phi) is 3.83. The Labute approximate surface area is 97.0 Å². The van der Waals surface area contributed by atoms with E-state index in [2.05, 4.69) is 17.3 Å². The van der Waals surface area contributed by atoms with Crippen LogP contribution in [0.3, 0.4) is 0 Å². The van der Waals surface area contributed by atoms with Gasteiger partial charge in [0.1, 0.15) is 0 Å². The van der Waals surface area contributed by atoms with Gasteiger partial charge in [-0.2, -0.15) is 5.10 Å². The topological polar surface area (TPSA) is 39.1 Å². The summed E-state index contributed by atoms with van der Waals surface area (Å²) in [6.45, 7) is 3.23. The molecule has 1 aliphatic carbocycles. The van der Waals surface area contributed by atoms with Crippen molar-refractivity contribution >= 4 is 0 Å². The lowest BCUT2D eigenvalue weighted by atomic mass is 10.2. The third-order valence-corrected chi connectivity index (χ3v) is 2.82. The number of aromatic nitrogens is 2. The molecular weight excluding hydrogens is 202 g/mol. The minimum atomic E-state index is 0.269. The average Bonchev–Trinajstić information content (AvgIpc) is 2.98. The molecule has 2 rings (SSSR count). The highest BCUT2D eigenvalue weighted by molar-refractivity contribution is 5.11. The molecule has 1 N–H and O–H groups in total. The van der Waals surface area contributed by atoms with Gasteiger partial charge in [0.05, 0.1) is 18.5 Å². The van der Waals surface area contributed by atoms with Crippen LogP contribution in [-0.2, 0) is 7.05 Å². The van der Waals surface area contributed by atoms with E-state index in [0.717, 1.165) is 24.8 Å². The third kappa shape index (κ3) is 3.85. The number of hydrogen-bond acceptors (Lipinski definition) is 3. The first-order valence-corrected chi connectivity index (χ1v) is 6.13. The number of nitrogens with zero attached hydrogens (tertiary/aromatic N) is 2. The van der Waals surface area contributed by atoms with Crippen LogP contribution in [0.15, 0.2) is 12.4 Å². The molecule has 0 amide bonds. The normalized spacial score (nSPS) is 17.4. The van der Waals surface area contributed by atoms with Crippen molar-refractivity contribution in [1.82, 2.24) is 15.1 Å². The van der Waals surface area contributed by atoms with Gasteiger partial charge in [0, 0.05) is 13.1 Å². The summed E-state index contributed by atoms with van der Waals surface area (Å²) in [5.74, 6) is 0.866. The summed E-state index contributed by atoms with van der Waals surface area (Å²) in [6.07, 6.45) is 8.93. The van der Waals surface area contributed by atoms with Crippen molar-refractivity contribution in [3.8, 4) is 5.75 Å². The number of nitrogens with one attached hydrogen (secondary N) is 1. The Bertz CT molecular complexity index is 320. The maximum absolute atomic E-state index is 5.75. The second-order valence-corrected chi connectivity index (χ2v) is 4.65. The van der Waals surface area contributed by atoms with Crippen LogP contribution in [0, 0.1) is 0 Å². The van der Waals surface area contributed by atoms with E-state index in [0.29, 0.717) is 0 Å². The van der Waals surface area contributed by atoms with Gasteiger partial charge in [-0.25, -0.2) is 0 Å². The molecule has 0 spiro atoms.